The zero-order chi connectivity index (χ0) is 10.7. The van der Waals surface area contributed by atoms with Crippen molar-refractivity contribution >= 4 is 51.2 Å². The molecule has 0 bridgehead atoms. The van der Waals surface area contributed by atoms with Gasteiger partial charge in [-0.2, -0.15) is 0 Å². The van der Waals surface area contributed by atoms with Gasteiger partial charge in [0, 0.05) is 15.6 Å². The maximum Gasteiger partial charge on any atom is 0.328 e. The Morgan fingerprint density at radius 1 is 1.43 bits per heavy atom. The fourth-order valence-corrected chi connectivity index (χ4v) is 1.73. The molecule has 74 valence electrons. The standard InChI is InChI=1S/C9H5BrCl2O2/c10-9-5(1-2-8(13)14)3-6(11)4-7(9)12/h1-4H,(H,13,14)/b2-1+. The summed E-state index contributed by atoms with van der Waals surface area (Å²) in [6, 6.07) is 3.20. The van der Waals surface area contributed by atoms with Gasteiger partial charge in [0.15, 0.2) is 0 Å². The van der Waals surface area contributed by atoms with Crippen molar-refractivity contribution in [3.05, 3.63) is 38.3 Å². The van der Waals surface area contributed by atoms with E-state index < -0.39 is 5.97 Å². The van der Waals surface area contributed by atoms with E-state index >= 15 is 0 Å². The molecule has 0 aliphatic carbocycles. The minimum atomic E-state index is -1.02. The van der Waals surface area contributed by atoms with Crippen LogP contribution >= 0.6 is 39.1 Å². The lowest BCUT2D eigenvalue weighted by molar-refractivity contribution is -0.131. The first-order valence-corrected chi connectivity index (χ1v) is 5.11. The first-order valence-electron chi connectivity index (χ1n) is 3.56. The summed E-state index contributed by atoms with van der Waals surface area (Å²) >= 11 is 14.8. The minimum Gasteiger partial charge on any atom is -0.478 e. The highest BCUT2D eigenvalue weighted by atomic mass is 79.9. The summed E-state index contributed by atoms with van der Waals surface area (Å²) in [6.45, 7) is 0. The van der Waals surface area contributed by atoms with E-state index in [9.17, 15) is 4.79 Å². The minimum absolute atomic E-state index is 0.447. The summed E-state index contributed by atoms with van der Waals surface area (Å²) in [6.07, 6.45) is 2.44. The van der Waals surface area contributed by atoms with E-state index in [0.717, 1.165) is 6.08 Å². The molecular formula is C9H5BrCl2O2. The Morgan fingerprint density at radius 2 is 2.07 bits per heavy atom. The van der Waals surface area contributed by atoms with Gasteiger partial charge in [0.1, 0.15) is 0 Å². The number of carboxylic acid groups (broad SMARTS) is 1. The molecule has 1 aromatic carbocycles. The highest BCUT2D eigenvalue weighted by Gasteiger charge is 2.04. The smallest absolute Gasteiger partial charge is 0.328 e. The van der Waals surface area contributed by atoms with E-state index in [0.29, 0.717) is 20.1 Å². The van der Waals surface area contributed by atoms with Crippen molar-refractivity contribution in [3.63, 3.8) is 0 Å². The molecule has 0 aliphatic heterocycles. The molecule has 5 heteroatoms. The van der Waals surface area contributed by atoms with Crippen molar-refractivity contribution in [1.29, 1.82) is 0 Å². The molecule has 2 nitrogen and oxygen atoms in total. The second-order valence-corrected chi connectivity index (χ2v) is 4.10. The molecular weight excluding hydrogens is 291 g/mol. The predicted octanol–water partition coefficient (Wildman–Crippen LogP) is 3.85. The van der Waals surface area contributed by atoms with Crippen molar-refractivity contribution in [2.24, 2.45) is 0 Å². The molecule has 0 atom stereocenters. The number of aliphatic carboxylic acids is 1. The lowest BCUT2D eigenvalue weighted by Gasteiger charge is -2.01. The number of hydrogen-bond acceptors (Lipinski definition) is 1. The van der Waals surface area contributed by atoms with Crippen LogP contribution in [0.25, 0.3) is 6.08 Å². The molecule has 1 aromatic rings. The molecule has 0 saturated carbocycles. The van der Waals surface area contributed by atoms with Crippen LogP contribution in [0.1, 0.15) is 5.56 Å². The van der Waals surface area contributed by atoms with Crippen LogP contribution in [0.5, 0.6) is 0 Å². The van der Waals surface area contributed by atoms with E-state index in [1.54, 1.807) is 12.1 Å². The average Bonchev–Trinajstić information content (AvgIpc) is 2.08. The lowest BCUT2D eigenvalue weighted by atomic mass is 10.2. The van der Waals surface area contributed by atoms with E-state index in [2.05, 4.69) is 15.9 Å². The quantitative estimate of drug-likeness (QED) is 0.664. The molecule has 1 rings (SSSR count). The van der Waals surface area contributed by atoms with Gasteiger partial charge in [0.05, 0.1) is 5.02 Å². The predicted molar refractivity (Wildman–Crippen MR) is 60.8 cm³/mol. The number of benzene rings is 1. The van der Waals surface area contributed by atoms with Gasteiger partial charge in [0.2, 0.25) is 0 Å². The van der Waals surface area contributed by atoms with Gasteiger partial charge in [-0.25, -0.2) is 4.79 Å². The Bertz CT molecular complexity index is 402. The van der Waals surface area contributed by atoms with Crippen molar-refractivity contribution in [3.8, 4) is 0 Å². The third-order valence-electron chi connectivity index (χ3n) is 1.43. The van der Waals surface area contributed by atoms with Gasteiger partial charge in [-0.1, -0.05) is 23.2 Å². The number of rotatable bonds is 2. The third-order valence-corrected chi connectivity index (χ3v) is 3.06. The summed E-state index contributed by atoms with van der Waals surface area (Å²) in [7, 11) is 0. The maximum absolute atomic E-state index is 10.3. The fraction of sp³-hybridized carbons (Fsp3) is 0. The molecule has 0 saturated heterocycles. The Morgan fingerprint density at radius 3 is 2.64 bits per heavy atom. The van der Waals surface area contributed by atoms with Crippen LogP contribution in [0.4, 0.5) is 0 Å². The number of hydrogen-bond donors (Lipinski definition) is 1. The summed E-state index contributed by atoms with van der Waals surface area (Å²) in [4.78, 5) is 10.3. The van der Waals surface area contributed by atoms with Crippen LogP contribution in [0, 0.1) is 0 Å². The Hall–Kier alpha value is -0.510. The number of halogens is 3. The Kier molecular flexibility index (Phi) is 3.98. The number of carbonyl (C=O) groups is 1. The lowest BCUT2D eigenvalue weighted by Crippen LogP contribution is -1.86. The van der Waals surface area contributed by atoms with Crippen LogP contribution in [-0.2, 0) is 4.79 Å². The summed E-state index contributed by atoms with van der Waals surface area (Å²) in [5, 5.41) is 9.34. The molecule has 0 heterocycles. The molecule has 0 amide bonds. The van der Waals surface area contributed by atoms with Gasteiger partial charge in [-0.05, 0) is 39.7 Å². The Labute approximate surface area is 99.3 Å². The molecule has 0 spiro atoms. The fourth-order valence-electron chi connectivity index (χ4n) is 0.858. The van der Waals surface area contributed by atoms with E-state index in [1.165, 1.54) is 6.08 Å². The number of carboxylic acids is 1. The van der Waals surface area contributed by atoms with Crippen LogP contribution in [0.2, 0.25) is 10.0 Å². The molecule has 1 N–H and O–H groups in total. The van der Waals surface area contributed by atoms with E-state index in [-0.39, 0.29) is 0 Å². The second-order valence-electron chi connectivity index (χ2n) is 2.46. The average molecular weight is 296 g/mol. The second kappa shape index (κ2) is 4.82. The van der Waals surface area contributed by atoms with Gasteiger partial charge >= 0.3 is 5.97 Å². The third kappa shape index (κ3) is 3.01. The highest BCUT2D eigenvalue weighted by Crippen LogP contribution is 2.30. The maximum atomic E-state index is 10.3. The molecule has 0 aliphatic rings. The summed E-state index contributed by atoms with van der Waals surface area (Å²) < 4.78 is 0.626. The first kappa shape index (κ1) is 11.6. The van der Waals surface area contributed by atoms with Gasteiger partial charge in [-0.3, -0.25) is 0 Å². The molecule has 0 radical (unpaired) electrons. The molecule has 0 aromatic heterocycles. The van der Waals surface area contributed by atoms with E-state index in [1.807, 2.05) is 0 Å². The SMILES string of the molecule is O=C(O)/C=C/c1cc(Cl)cc(Cl)c1Br. The van der Waals surface area contributed by atoms with Crippen LogP contribution in [0.15, 0.2) is 22.7 Å². The largest absolute Gasteiger partial charge is 0.478 e. The Balaban J connectivity index is 3.14. The van der Waals surface area contributed by atoms with Crippen LogP contribution in [0.3, 0.4) is 0 Å². The van der Waals surface area contributed by atoms with E-state index in [4.69, 9.17) is 28.3 Å². The van der Waals surface area contributed by atoms with Crippen molar-refractivity contribution < 1.29 is 9.90 Å². The topological polar surface area (TPSA) is 37.3 Å². The zero-order valence-corrected chi connectivity index (χ0v) is 9.90. The van der Waals surface area contributed by atoms with Gasteiger partial charge < -0.3 is 5.11 Å². The van der Waals surface area contributed by atoms with Gasteiger partial charge in [-0.15, -0.1) is 0 Å². The van der Waals surface area contributed by atoms with Crippen molar-refractivity contribution in [2.75, 3.05) is 0 Å². The summed E-state index contributed by atoms with van der Waals surface area (Å²) in [5.41, 5.74) is 0.630. The van der Waals surface area contributed by atoms with Crippen LogP contribution < -0.4 is 0 Å². The van der Waals surface area contributed by atoms with Crippen molar-refractivity contribution in [1.82, 2.24) is 0 Å². The zero-order valence-electron chi connectivity index (χ0n) is 6.80. The first-order chi connectivity index (χ1) is 6.50. The molecule has 0 fully saturated rings. The molecule has 14 heavy (non-hydrogen) atoms. The summed E-state index contributed by atoms with van der Waals surface area (Å²) in [5.74, 6) is -1.02. The molecule has 0 unspecified atom stereocenters. The van der Waals surface area contributed by atoms with Crippen molar-refractivity contribution in [2.45, 2.75) is 0 Å². The normalized spacial score (nSPS) is 10.8. The van der Waals surface area contributed by atoms with Crippen LogP contribution in [-0.4, -0.2) is 11.1 Å². The monoisotopic (exact) mass is 294 g/mol. The van der Waals surface area contributed by atoms with Gasteiger partial charge in [0.25, 0.3) is 0 Å². The highest BCUT2D eigenvalue weighted by molar-refractivity contribution is 9.10.